The van der Waals surface area contributed by atoms with Gasteiger partial charge < -0.3 is 15.1 Å². The van der Waals surface area contributed by atoms with Crippen molar-refractivity contribution in [2.45, 2.75) is 33.1 Å². The van der Waals surface area contributed by atoms with E-state index in [4.69, 9.17) is 5.11 Å². The zero-order valence-corrected chi connectivity index (χ0v) is 16.8. The Kier molecular flexibility index (Phi) is 7.88. The number of carbonyl (C=O) groups is 2. The Balaban J connectivity index is 2.45. The van der Waals surface area contributed by atoms with Crippen LogP contribution in [0.25, 0.3) is 5.57 Å². The van der Waals surface area contributed by atoms with Crippen LogP contribution < -0.4 is 4.90 Å². The highest BCUT2D eigenvalue weighted by atomic mass is 32.1. The molecule has 0 radical (unpaired) electrons. The Labute approximate surface area is 168 Å². The molecule has 0 aromatic carbocycles. The second-order valence-corrected chi connectivity index (χ2v) is 7.64. The fourth-order valence-corrected chi connectivity index (χ4v) is 3.70. The summed E-state index contributed by atoms with van der Waals surface area (Å²) in [4.78, 5) is 26.0. The van der Waals surface area contributed by atoms with Crippen LogP contribution in [0.5, 0.6) is 0 Å². The molecule has 146 valence electrons. The molecule has 0 saturated carbocycles. The molecule has 0 aliphatic heterocycles. The predicted octanol–water partition coefficient (Wildman–Crippen LogP) is 5.10. The van der Waals surface area contributed by atoms with Gasteiger partial charge in [-0.25, -0.2) is 4.79 Å². The SMILES string of the molecule is CC(C)C=C=CCN(C=C=C=CO)c1cc(C2=CCC(=O)CC2)sc1C(=O)O. The lowest BCUT2D eigenvalue weighted by Crippen LogP contribution is -2.17. The van der Waals surface area contributed by atoms with Crippen molar-refractivity contribution in [2.75, 3.05) is 11.4 Å². The number of rotatable bonds is 7. The van der Waals surface area contributed by atoms with Crippen LogP contribution in [0.2, 0.25) is 0 Å². The normalized spacial score (nSPS) is 13.0. The second-order valence-electron chi connectivity index (χ2n) is 6.58. The van der Waals surface area contributed by atoms with Gasteiger partial charge in [-0.15, -0.1) is 17.1 Å². The van der Waals surface area contributed by atoms with Gasteiger partial charge in [-0.05, 0) is 47.6 Å². The molecule has 0 saturated heterocycles. The monoisotopic (exact) mass is 397 g/mol. The van der Waals surface area contributed by atoms with Gasteiger partial charge in [0, 0.05) is 24.3 Å². The van der Waals surface area contributed by atoms with Crippen LogP contribution in [0.4, 0.5) is 5.69 Å². The van der Waals surface area contributed by atoms with Gasteiger partial charge in [0.2, 0.25) is 0 Å². The summed E-state index contributed by atoms with van der Waals surface area (Å²) in [5, 5.41) is 18.4. The lowest BCUT2D eigenvalue weighted by Gasteiger charge is -2.16. The van der Waals surface area contributed by atoms with Gasteiger partial charge in [0.25, 0.3) is 0 Å². The zero-order valence-electron chi connectivity index (χ0n) is 15.9. The summed E-state index contributed by atoms with van der Waals surface area (Å²) >= 11 is 1.20. The average molecular weight is 397 g/mol. The molecule has 0 atom stereocenters. The van der Waals surface area contributed by atoms with E-state index in [1.54, 1.807) is 4.90 Å². The Morgan fingerprint density at radius 3 is 2.75 bits per heavy atom. The number of carboxylic acid groups (broad SMARTS) is 1. The Morgan fingerprint density at radius 1 is 1.36 bits per heavy atom. The summed E-state index contributed by atoms with van der Waals surface area (Å²) in [7, 11) is 0. The van der Waals surface area contributed by atoms with Gasteiger partial charge in [0.05, 0.1) is 11.9 Å². The summed E-state index contributed by atoms with van der Waals surface area (Å²) in [5.41, 5.74) is 9.73. The van der Waals surface area contributed by atoms with Crippen molar-refractivity contribution in [3.63, 3.8) is 0 Å². The number of aliphatic hydroxyl groups excluding tert-OH is 1. The first-order chi connectivity index (χ1) is 13.4. The van der Waals surface area contributed by atoms with Crippen molar-refractivity contribution < 1.29 is 19.8 Å². The van der Waals surface area contributed by atoms with E-state index in [1.165, 1.54) is 17.5 Å². The van der Waals surface area contributed by atoms with Crippen molar-refractivity contribution in [1.29, 1.82) is 0 Å². The van der Waals surface area contributed by atoms with E-state index in [-0.39, 0.29) is 10.7 Å². The van der Waals surface area contributed by atoms with Crippen LogP contribution in [0, 0.1) is 5.92 Å². The van der Waals surface area contributed by atoms with Crippen molar-refractivity contribution in [1.82, 2.24) is 0 Å². The summed E-state index contributed by atoms with van der Waals surface area (Å²) in [6.07, 6.45) is 9.39. The fourth-order valence-electron chi connectivity index (χ4n) is 2.63. The molecular formula is C22H23NO4S. The number of carboxylic acids is 1. The minimum atomic E-state index is -1.01. The van der Waals surface area contributed by atoms with Crippen LogP contribution in [-0.4, -0.2) is 28.5 Å². The third-order valence-electron chi connectivity index (χ3n) is 3.99. The molecule has 1 aliphatic rings. The molecule has 1 aromatic heterocycles. The van der Waals surface area contributed by atoms with E-state index in [0.717, 1.165) is 16.7 Å². The topological polar surface area (TPSA) is 77.8 Å². The van der Waals surface area contributed by atoms with Crippen LogP contribution in [-0.2, 0) is 4.79 Å². The average Bonchev–Trinajstić information content (AvgIpc) is 3.09. The van der Waals surface area contributed by atoms with E-state index in [1.807, 2.05) is 38.1 Å². The number of aromatic carboxylic acids is 1. The number of aliphatic hydroxyl groups is 1. The molecule has 2 rings (SSSR count). The second kappa shape index (κ2) is 10.4. The van der Waals surface area contributed by atoms with Crippen molar-refractivity contribution in [3.8, 4) is 0 Å². The largest absolute Gasteiger partial charge is 0.507 e. The van der Waals surface area contributed by atoms with Crippen LogP contribution in [0.1, 0.15) is 47.7 Å². The number of allylic oxidation sites excluding steroid dienone is 2. The van der Waals surface area contributed by atoms with Crippen molar-refractivity contribution >= 4 is 34.3 Å². The van der Waals surface area contributed by atoms with Crippen molar-refractivity contribution in [2.24, 2.45) is 5.92 Å². The molecule has 0 amide bonds. The van der Waals surface area contributed by atoms with E-state index in [9.17, 15) is 14.7 Å². The maximum atomic E-state index is 11.8. The number of hydrogen-bond donors (Lipinski definition) is 2. The maximum absolute atomic E-state index is 11.8. The molecule has 1 heterocycles. The third kappa shape index (κ3) is 6.02. The number of carbonyl (C=O) groups excluding carboxylic acids is 1. The van der Waals surface area contributed by atoms with Gasteiger partial charge in [0.15, 0.2) is 0 Å². The van der Waals surface area contributed by atoms with E-state index in [0.29, 0.717) is 37.4 Å². The van der Waals surface area contributed by atoms with E-state index >= 15 is 0 Å². The fraction of sp³-hybridized carbons (Fsp3) is 0.318. The highest BCUT2D eigenvalue weighted by Gasteiger charge is 2.22. The molecule has 5 nitrogen and oxygen atoms in total. The van der Waals surface area contributed by atoms with Gasteiger partial charge in [-0.1, -0.05) is 19.9 Å². The highest BCUT2D eigenvalue weighted by Crippen LogP contribution is 2.37. The van der Waals surface area contributed by atoms with Crippen LogP contribution in [0.15, 0.2) is 54.0 Å². The maximum Gasteiger partial charge on any atom is 0.348 e. The van der Waals surface area contributed by atoms with E-state index in [2.05, 4.69) is 17.2 Å². The summed E-state index contributed by atoms with van der Waals surface area (Å²) in [6, 6.07) is 1.83. The molecule has 6 heteroatoms. The molecule has 0 fully saturated rings. The van der Waals surface area contributed by atoms with Crippen molar-refractivity contribution in [3.05, 3.63) is 63.7 Å². The number of nitrogens with zero attached hydrogens (tertiary/aromatic N) is 1. The number of anilines is 1. The van der Waals surface area contributed by atoms with E-state index < -0.39 is 5.97 Å². The van der Waals surface area contributed by atoms with Crippen LogP contribution >= 0.6 is 11.3 Å². The minimum Gasteiger partial charge on any atom is -0.507 e. The van der Waals surface area contributed by atoms with Gasteiger partial charge in [-0.2, -0.15) is 0 Å². The summed E-state index contributed by atoms with van der Waals surface area (Å²) in [6.45, 7) is 4.48. The number of thiophene rings is 1. The Hall–Kier alpha value is -3.00. The lowest BCUT2D eigenvalue weighted by atomic mass is 9.97. The first-order valence-corrected chi connectivity index (χ1v) is 9.80. The summed E-state index contributed by atoms with van der Waals surface area (Å²) in [5.74, 6) is -0.451. The number of Topliss-reactive ketones (excluding diaryl/α,β-unsaturated/α-hetero) is 1. The standard InChI is InChI=1S/C22H23NO4S/c1-16(2)7-3-4-12-23(13-5-6-14-24)19-15-20(28-21(19)22(26)27)17-8-10-18(25)11-9-17/h4,7-8,13-16,24H,9-12H2,1-2H3,(H,26,27). The predicted molar refractivity (Wildman–Crippen MR) is 112 cm³/mol. The molecule has 1 aromatic rings. The molecule has 2 N–H and O–H groups in total. The first-order valence-electron chi connectivity index (χ1n) is 8.98. The Morgan fingerprint density at radius 2 is 2.14 bits per heavy atom. The third-order valence-corrected chi connectivity index (χ3v) is 5.17. The minimum absolute atomic E-state index is 0.201. The van der Waals surface area contributed by atoms with Gasteiger partial charge >= 0.3 is 5.97 Å². The molecule has 0 spiro atoms. The zero-order chi connectivity index (χ0) is 20.5. The molecule has 1 aliphatic carbocycles. The molecular weight excluding hydrogens is 374 g/mol. The molecule has 0 bridgehead atoms. The first kappa shape index (κ1) is 21.3. The molecule has 0 unspecified atom stereocenters. The number of hydrogen-bond acceptors (Lipinski definition) is 5. The smallest absolute Gasteiger partial charge is 0.348 e. The highest BCUT2D eigenvalue weighted by molar-refractivity contribution is 7.15. The van der Waals surface area contributed by atoms with Crippen LogP contribution in [0.3, 0.4) is 0 Å². The van der Waals surface area contributed by atoms with Gasteiger partial charge in [-0.3, -0.25) is 4.79 Å². The Bertz CT molecular complexity index is 932. The van der Waals surface area contributed by atoms with Gasteiger partial charge in [0.1, 0.15) is 16.9 Å². The quantitative estimate of drug-likeness (QED) is 0.495. The lowest BCUT2D eigenvalue weighted by molar-refractivity contribution is -0.118. The molecule has 28 heavy (non-hydrogen) atoms. The number of ketones is 1. The summed E-state index contributed by atoms with van der Waals surface area (Å²) < 4.78 is 0.